The van der Waals surface area contributed by atoms with E-state index in [1.54, 1.807) is 23.1 Å². The Kier molecular flexibility index (Phi) is 3.40. The molecule has 0 fully saturated rings. The molecule has 21 heavy (non-hydrogen) atoms. The summed E-state index contributed by atoms with van der Waals surface area (Å²) in [5, 5.41) is 16.2. The average Bonchev–Trinajstić information content (AvgIpc) is 3.17. The molecule has 0 saturated heterocycles. The fourth-order valence-electron chi connectivity index (χ4n) is 2.07. The van der Waals surface area contributed by atoms with Gasteiger partial charge in [-0.2, -0.15) is 9.78 Å². The van der Waals surface area contributed by atoms with Gasteiger partial charge in [0.05, 0.1) is 10.6 Å². The van der Waals surface area contributed by atoms with Crippen molar-refractivity contribution in [1.82, 2.24) is 14.9 Å². The van der Waals surface area contributed by atoms with E-state index in [1.807, 2.05) is 35.0 Å². The van der Waals surface area contributed by atoms with Crippen LogP contribution in [-0.4, -0.2) is 26.3 Å². The Morgan fingerprint density at radius 1 is 1.10 bits per heavy atom. The Morgan fingerprint density at radius 2 is 1.95 bits per heavy atom. The number of halogens is 1. The number of thiophene rings is 1. The van der Waals surface area contributed by atoms with E-state index in [2.05, 4.69) is 37.6 Å². The molecule has 3 heterocycles. The molecule has 0 aliphatic carbocycles. The van der Waals surface area contributed by atoms with Crippen molar-refractivity contribution in [2.45, 2.75) is 5.16 Å². The highest BCUT2D eigenvalue weighted by Gasteiger charge is 2.20. The molecule has 2 aromatic heterocycles. The van der Waals surface area contributed by atoms with Crippen LogP contribution in [0.25, 0.3) is 11.4 Å². The fourth-order valence-corrected chi connectivity index (χ4v) is 3.96. The summed E-state index contributed by atoms with van der Waals surface area (Å²) in [5.41, 5.74) is 2.08. The van der Waals surface area contributed by atoms with Gasteiger partial charge in [0.15, 0.2) is 5.82 Å². The van der Waals surface area contributed by atoms with Gasteiger partial charge in [0, 0.05) is 15.8 Å². The zero-order chi connectivity index (χ0) is 14.2. The average molecular weight is 377 g/mol. The minimum atomic E-state index is 0.777. The maximum absolute atomic E-state index is 4.73. The van der Waals surface area contributed by atoms with Crippen LogP contribution in [-0.2, 0) is 0 Å². The summed E-state index contributed by atoms with van der Waals surface area (Å²) >= 11 is 6.82. The fraction of sp³-hybridized carbons (Fsp3) is 0.0714. The number of thioether (sulfide) groups is 1. The van der Waals surface area contributed by atoms with Crippen LogP contribution < -0.4 is 0 Å². The highest BCUT2D eigenvalue weighted by Crippen LogP contribution is 2.29. The van der Waals surface area contributed by atoms with Gasteiger partial charge in [-0.05, 0) is 23.6 Å². The van der Waals surface area contributed by atoms with Crippen molar-refractivity contribution in [2.75, 3.05) is 5.75 Å². The van der Waals surface area contributed by atoms with Crippen molar-refractivity contribution < 1.29 is 0 Å². The van der Waals surface area contributed by atoms with Crippen molar-refractivity contribution >= 4 is 44.7 Å². The molecule has 4 nitrogen and oxygen atoms in total. The molecule has 1 aliphatic heterocycles. The minimum Gasteiger partial charge on any atom is -0.186 e. The first-order chi connectivity index (χ1) is 10.3. The molecule has 0 amide bonds. The Balaban J connectivity index is 1.81. The Hall–Kier alpha value is -1.44. The number of aromatic nitrogens is 3. The summed E-state index contributed by atoms with van der Waals surface area (Å²) in [6, 6.07) is 12.2. The second-order valence-electron chi connectivity index (χ2n) is 4.44. The van der Waals surface area contributed by atoms with Gasteiger partial charge in [0.2, 0.25) is 5.16 Å². The lowest BCUT2D eigenvalue weighted by Gasteiger charge is -2.12. The molecule has 0 N–H and O–H groups in total. The van der Waals surface area contributed by atoms with E-state index >= 15 is 0 Å². The smallest absolute Gasteiger partial charge is 0.186 e. The molecule has 1 aliphatic rings. The summed E-state index contributed by atoms with van der Waals surface area (Å²) < 4.78 is 2.88. The van der Waals surface area contributed by atoms with Crippen LogP contribution >= 0.6 is 39.0 Å². The van der Waals surface area contributed by atoms with Gasteiger partial charge in [-0.1, -0.05) is 45.9 Å². The van der Waals surface area contributed by atoms with E-state index in [1.165, 1.54) is 4.88 Å². The van der Waals surface area contributed by atoms with Gasteiger partial charge < -0.3 is 0 Å². The summed E-state index contributed by atoms with van der Waals surface area (Å²) in [6.45, 7) is 0. The molecule has 0 spiro atoms. The molecule has 0 bridgehead atoms. The number of rotatable bonds is 2. The van der Waals surface area contributed by atoms with Crippen LogP contribution in [0.15, 0.2) is 56.5 Å². The van der Waals surface area contributed by atoms with Crippen LogP contribution in [0.5, 0.6) is 0 Å². The molecule has 0 atom stereocenters. The van der Waals surface area contributed by atoms with E-state index in [0.717, 1.165) is 32.5 Å². The van der Waals surface area contributed by atoms with E-state index < -0.39 is 0 Å². The summed E-state index contributed by atoms with van der Waals surface area (Å²) in [7, 11) is 0. The lowest BCUT2D eigenvalue weighted by molar-refractivity contribution is 0.763. The molecule has 0 radical (unpaired) electrons. The van der Waals surface area contributed by atoms with E-state index in [-0.39, 0.29) is 0 Å². The molecular weight excluding hydrogens is 368 g/mol. The van der Waals surface area contributed by atoms with Gasteiger partial charge in [-0.15, -0.1) is 21.5 Å². The molecule has 104 valence electrons. The van der Waals surface area contributed by atoms with E-state index in [9.17, 15) is 0 Å². The summed E-state index contributed by atoms with van der Waals surface area (Å²) in [4.78, 5) is 1.20. The number of nitrogens with zero attached hydrogens (tertiary/aromatic N) is 4. The largest absolute Gasteiger partial charge is 0.212 e. The lowest BCUT2D eigenvalue weighted by Crippen LogP contribution is -2.12. The van der Waals surface area contributed by atoms with Gasteiger partial charge in [-0.25, -0.2) is 0 Å². The first-order valence-corrected chi connectivity index (χ1v) is 8.93. The van der Waals surface area contributed by atoms with Gasteiger partial charge >= 0.3 is 0 Å². The standard InChI is InChI=1S/C14H9BrN4S2/c15-10-5-3-9(4-6-10)13-16-17-14-19(13)18-11(8-21-14)12-2-1-7-20-12/h1-7H,8H2. The number of fused-ring (bicyclic) bond motifs is 1. The Labute approximate surface area is 138 Å². The predicted octanol–water partition coefficient (Wildman–Crippen LogP) is 4.13. The molecule has 7 heteroatoms. The zero-order valence-corrected chi connectivity index (χ0v) is 14.0. The van der Waals surface area contributed by atoms with Crippen molar-refractivity contribution in [3.63, 3.8) is 0 Å². The SMILES string of the molecule is Brc1ccc(-c2nnc3n2N=C(c2cccs2)CS3)cc1. The van der Waals surface area contributed by atoms with Gasteiger partial charge in [0.25, 0.3) is 0 Å². The second-order valence-corrected chi connectivity index (χ2v) is 7.24. The first kappa shape index (κ1) is 13.2. The van der Waals surface area contributed by atoms with Crippen molar-refractivity contribution in [1.29, 1.82) is 0 Å². The van der Waals surface area contributed by atoms with Crippen LogP contribution in [0.4, 0.5) is 0 Å². The quantitative estimate of drug-likeness (QED) is 0.675. The van der Waals surface area contributed by atoms with Crippen LogP contribution in [0.2, 0.25) is 0 Å². The summed E-state index contributed by atoms with van der Waals surface area (Å²) in [6.07, 6.45) is 0. The van der Waals surface area contributed by atoms with Crippen molar-refractivity contribution in [3.05, 3.63) is 51.1 Å². The van der Waals surface area contributed by atoms with Crippen molar-refractivity contribution in [2.24, 2.45) is 5.10 Å². The molecule has 3 aromatic rings. The van der Waals surface area contributed by atoms with E-state index in [0.29, 0.717) is 0 Å². The third-order valence-electron chi connectivity index (χ3n) is 3.08. The monoisotopic (exact) mass is 376 g/mol. The maximum Gasteiger partial charge on any atom is 0.212 e. The second kappa shape index (κ2) is 5.40. The Bertz CT molecular complexity index is 806. The molecule has 1 aromatic carbocycles. The van der Waals surface area contributed by atoms with Gasteiger partial charge in [0.1, 0.15) is 0 Å². The van der Waals surface area contributed by atoms with Gasteiger partial charge in [-0.3, -0.25) is 0 Å². The van der Waals surface area contributed by atoms with E-state index in [4.69, 9.17) is 5.10 Å². The number of hydrogen-bond donors (Lipinski definition) is 0. The number of benzene rings is 1. The van der Waals surface area contributed by atoms with Crippen LogP contribution in [0.3, 0.4) is 0 Å². The third-order valence-corrected chi connectivity index (χ3v) is 5.46. The number of hydrogen-bond acceptors (Lipinski definition) is 5. The Morgan fingerprint density at radius 3 is 2.71 bits per heavy atom. The highest BCUT2D eigenvalue weighted by atomic mass is 79.9. The topological polar surface area (TPSA) is 43.1 Å². The highest BCUT2D eigenvalue weighted by molar-refractivity contribution is 9.10. The van der Waals surface area contributed by atoms with Crippen LogP contribution in [0.1, 0.15) is 4.88 Å². The zero-order valence-electron chi connectivity index (χ0n) is 10.7. The molecule has 0 unspecified atom stereocenters. The molecule has 0 saturated carbocycles. The molecular formula is C14H9BrN4S2. The first-order valence-electron chi connectivity index (χ1n) is 6.27. The maximum atomic E-state index is 4.73. The van der Waals surface area contributed by atoms with Crippen LogP contribution in [0, 0.1) is 0 Å². The minimum absolute atomic E-state index is 0.777. The summed E-state index contributed by atoms with van der Waals surface area (Å²) in [5.74, 6) is 1.61. The normalized spacial score (nSPS) is 13.9. The van der Waals surface area contributed by atoms with Crippen molar-refractivity contribution in [3.8, 4) is 11.4 Å². The predicted molar refractivity (Wildman–Crippen MR) is 90.1 cm³/mol. The molecule has 4 rings (SSSR count). The third kappa shape index (κ3) is 2.45. The lowest BCUT2D eigenvalue weighted by atomic mass is 10.2.